The highest BCUT2D eigenvalue weighted by Gasteiger charge is 2.37. The molecular weight excluding hydrogens is 855 g/mol. The van der Waals surface area contributed by atoms with Crippen LogP contribution in [0.15, 0.2) is 109 Å². The van der Waals surface area contributed by atoms with Gasteiger partial charge in [-0.15, -0.1) is 0 Å². The molecule has 0 bridgehead atoms. The molecule has 354 valence electrons. The monoisotopic (exact) mass is 922 g/mol. The number of carbonyl (C=O) groups is 3. The van der Waals surface area contributed by atoms with Crippen LogP contribution in [0.2, 0.25) is 18.1 Å². The summed E-state index contributed by atoms with van der Waals surface area (Å²) in [4.78, 5) is 53.5. The molecule has 2 fully saturated rings. The summed E-state index contributed by atoms with van der Waals surface area (Å²) in [5.74, 6) is -0.365. The van der Waals surface area contributed by atoms with Crippen LogP contribution in [-0.2, 0) is 38.3 Å². The van der Waals surface area contributed by atoms with Crippen LogP contribution in [-0.4, -0.2) is 131 Å². The minimum absolute atomic E-state index is 0.0211. The van der Waals surface area contributed by atoms with Gasteiger partial charge in [0, 0.05) is 110 Å². The summed E-state index contributed by atoms with van der Waals surface area (Å²) in [6.45, 7) is 17.6. The normalized spacial score (nSPS) is 15.6. The van der Waals surface area contributed by atoms with Gasteiger partial charge < -0.3 is 33.7 Å². The third kappa shape index (κ3) is 14.0. The quantitative estimate of drug-likeness (QED) is 0.0727. The zero-order chi connectivity index (χ0) is 47.4. The van der Waals surface area contributed by atoms with E-state index in [0.29, 0.717) is 57.9 Å². The molecule has 6 rings (SSSR count). The maximum atomic E-state index is 14.9. The molecule has 11 nitrogen and oxygen atoms in total. The third-order valence-corrected chi connectivity index (χ3v) is 17.8. The van der Waals surface area contributed by atoms with Gasteiger partial charge >= 0.3 is 6.61 Å². The summed E-state index contributed by atoms with van der Waals surface area (Å²) in [5, 5.41) is 0.175. The zero-order valence-corrected chi connectivity index (χ0v) is 40.8. The van der Waals surface area contributed by atoms with E-state index in [2.05, 4.69) is 84.6 Å². The van der Waals surface area contributed by atoms with E-state index in [-0.39, 0.29) is 35.1 Å². The molecule has 0 aliphatic carbocycles. The molecule has 4 aromatic carbocycles. The van der Waals surface area contributed by atoms with Gasteiger partial charge in [0.05, 0.1) is 6.61 Å². The van der Waals surface area contributed by atoms with Gasteiger partial charge in [0.15, 0.2) is 8.32 Å². The summed E-state index contributed by atoms with van der Waals surface area (Å²) < 4.78 is 36.5. The molecule has 3 amide bonds. The number of piperazine rings is 2. The van der Waals surface area contributed by atoms with E-state index in [1.807, 2.05) is 64.4 Å². The van der Waals surface area contributed by atoms with Crippen LogP contribution < -0.4 is 14.5 Å². The van der Waals surface area contributed by atoms with Crippen molar-refractivity contribution in [1.29, 1.82) is 0 Å². The van der Waals surface area contributed by atoms with E-state index >= 15 is 0 Å². The van der Waals surface area contributed by atoms with Gasteiger partial charge in [-0.1, -0.05) is 87.5 Å². The SMILES string of the molecule is CC(=O)N1CCN(c2ccc(CN(C(=O)C=Cc3ccc(OC(F)F)cc3)[C@@H](Cc3ccccc3)C(=O)N3CCN(Cc4ccc(N(C)CCO[Si](C)(C)C(C)(C)C)cc4)CC3)cc2)CC1. The number of benzene rings is 4. The Morgan fingerprint density at radius 3 is 1.95 bits per heavy atom. The predicted octanol–water partition coefficient (Wildman–Crippen LogP) is 8.41. The number of ether oxygens (including phenoxy) is 1. The van der Waals surface area contributed by atoms with Crippen molar-refractivity contribution in [2.45, 2.75) is 78.0 Å². The van der Waals surface area contributed by atoms with Gasteiger partial charge in [0.25, 0.3) is 0 Å². The molecular formula is C52H68F2N6O5Si. The van der Waals surface area contributed by atoms with Gasteiger partial charge in [-0.3, -0.25) is 19.3 Å². The van der Waals surface area contributed by atoms with Crippen molar-refractivity contribution in [2.75, 3.05) is 82.4 Å². The van der Waals surface area contributed by atoms with E-state index in [9.17, 15) is 23.2 Å². The van der Waals surface area contributed by atoms with Crippen LogP contribution >= 0.6 is 0 Å². The predicted molar refractivity (Wildman–Crippen MR) is 262 cm³/mol. The fraction of sp³-hybridized carbons (Fsp3) is 0.442. The number of carbonyl (C=O) groups excluding carboxylic acids is 3. The maximum absolute atomic E-state index is 14.9. The smallest absolute Gasteiger partial charge is 0.387 e. The zero-order valence-electron chi connectivity index (χ0n) is 39.8. The average molecular weight is 923 g/mol. The molecule has 0 saturated carbocycles. The Hall–Kier alpha value is -5.57. The van der Waals surface area contributed by atoms with Gasteiger partial charge in [-0.2, -0.15) is 8.78 Å². The van der Waals surface area contributed by atoms with Crippen LogP contribution in [0.5, 0.6) is 5.75 Å². The number of likely N-dealkylation sites (N-methyl/N-ethyl adjacent to an activating group) is 1. The molecule has 0 unspecified atom stereocenters. The second-order valence-corrected chi connectivity index (χ2v) is 23.7. The number of halogens is 2. The summed E-state index contributed by atoms with van der Waals surface area (Å²) in [6.07, 6.45) is 3.39. The van der Waals surface area contributed by atoms with Crippen molar-refractivity contribution in [3.05, 3.63) is 131 Å². The summed E-state index contributed by atoms with van der Waals surface area (Å²) in [6, 6.07) is 31.8. The van der Waals surface area contributed by atoms with E-state index < -0.39 is 21.0 Å². The Morgan fingerprint density at radius 2 is 1.36 bits per heavy atom. The summed E-state index contributed by atoms with van der Waals surface area (Å²) >= 11 is 0. The topological polar surface area (TPSA) is 89.1 Å². The molecule has 66 heavy (non-hydrogen) atoms. The molecule has 0 N–H and O–H groups in total. The summed E-state index contributed by atoms with van der Waals surface area (Å²) in [5.41, 5.74) is 5.79. The molecule has 2 aliphatic rings. The van der Waals surface area contributed by atoms with Crippen molar-refractivity contribution in [3.63, 3.8) is 0 Å². The van der Waals surface area contributed by atoms with Crippen LogP contribution in [0.3, 0.4) is 0 Å². The molecule has 2 saturated heterocycles. The van der Waals surface area contributed by atoms with Crippen LogP contribution in [0.25, 0.3) is 6.08 Å². The van der Waals surface area contributed by atoms with Gasteiger partial charge in [-0.25, -0.2) is 0 Å². The lowest BCUT2D eigenvalue weighted by Gasteiger charge is -2.39. The highest BCUT2D eigenvalue weighted by atomic mass is 28.4. The fourth-order valence-electron chi connectivity index (χ4n) is 8.06. The van der Waals surface area contributed by atoms with E-state index in [4.69, 9.17) is 4.43 Å². The van der Waals surface area contributed by atoms with E-state index in [1.54, 1.807) is 30.0 Å². The Balaban J connectivity index is 1.16. The van der Waals surface area contributed by atoms with Crippen molar-refractivity contribution in [3.8, 4) is 5.75 Å². The molecule has 0 spiro atoms. The second-order valence-electron chi connectivity index (χ2n) is 18.9. The number of hydrogen-bond donors (Lipinski definition) is 0. The highest BCUT2D eigenvalue weighted by molar-refractivity contribution is 6.74. The standard InChI is InChI=1S/C52H68F2N6O5Si/c1-40(61)57-31-33-58(34-32-57)46-22-15-44(16-23-46)39-60(49(62)26-19-41-17-24-47(25-18-41)65-51(53)54)48(37-42-11-9-8-10-12-42)50(63)59-29-27-56(28-30-59)38-43-13-20-45(21-14-43)55(5)35-36-64-66(6,7)52(2,3)4/h8-26,48,51H,27-39H2,1-7H3/t48-/m0/s1. The average Bonchev–Trinajstić information content (AvgIpc) is 3.30. The molecule has 2 heterocycles. The number of amides is 3. The minimum Gasteiger partial charge on any atom is -0.435 e. The van der Waals surface area contributed by atoms with Crippen molar-refractivity contribution in [1.82, 2.24) is 19.6 Å². The first kappa shape index (κ1) is 49.9. The number of rotatable bonds is 18. The number of alkyl halides is 2. The molecule has 0 radical (unpaired) electrons. The lowest BCUT2D eigenvalue weighted by molar-refractivity contribution is -0.145. The van der Waals surface area contributed by atoms with Crippen LogP contribution in [0.4, 0.5) is 20.2 Å². The lowest BCUT2D eigenvalue weighted by Crippen LogP contribution is -2.56. The Bertz CT molecular complexity index is 2210. The second kappa shape index (κ2) is 22.8. The maximum Gasteiger partial charge on any atom is 0.387 e. The lowest BCUT2D eigenvalue weighted by atomic mass is 10.0. The van der Waals surface area contributed by atoms with E-state index in [0.717, 1.165) is 48.7 Å². The fourth-order valence-corrected chi connectivity index (χ4v) is 9.09. The number of anilines is 2. The molecule has 1 atom stereocenters. The van der Waals surface area contributed by atoms with Crippen LogP contribution in [0.1, 0.15) is 49.9 Å². The van der Waals surface area contributed by atoms with Gasteiger partial charge in [0.1, 0.15) is 11.8 Å². The Labute approximate surface area is 391 Å². The van der Waals surface area contributed by atoms with Crippen molar-refractivity contribution in [2.24, 2.45) is 0 Å². The van der Waals surface area contributed by atoms with Crippen molar-refractivity contribution >= 4 is 43.5 Å². The first-order valence-electron chi connectivity index (χ1n) is 23.1. The van der Waals surface area contributed by atoms with E-state index in [1.165, 1.54) is 23.8 Å². The van der Waals surface area contributed by atoms with Crippen LogP contribution in [0, 0.1) is 0 Å². The Kier molecular flexibility index (Phi) is 17.2. The highest BCUT2D eigenvalue weighted by Crippen LogP contribution is 2.36. The molecule has 14 heteroatoms. The number of nitrogens with zero attached hydrogens (tertiary/aromatic N) is 6. The van der Waals surface area contributed by atoms with Crippen molar-refractivity contribution < 1.29 is 32.3 Å². The summed E-state index contributed by atoms with van der Waals surface area (Å²) in [7, 11) is 0.293. The number of hydrogen-bond acceptors (Lipinski definition) is 8. The molecule has 4 aromatic rings. The third-order valence-electron chi connectivity index (χ3n) is 13.3. The Morgan fingerprint density at radius 1 is 0.758 bits per heavy atom. The first-order valence-corrected chi connectivity index (χ1v) is 26.0. The van der Waals surface area contributed by atoms with Gasteiger partial charge in [0.2, 0.25) is 17.7 Å². The minimum atomic E-state index is -2.94. The first-order chi connectivity index (χ1) is 31.5. The molecule has 2 aliphatic heterocycles. The largest absolute Gasteiger partial charge is 0.435 e. The van der Waals surface area contributed by atoms with Gasteiger partial charge in [-0.05, 0) is 82.9 Å². The molecule has 0 aromatic heterocycles.